The number of piperazine rings is 1. The second-order valence-corrected chi connectivity index (χ2v) is 7.88. The normalized spacial score (nSPS) is 15.5. The minimum Gasteiger partial charge on any atom is -0.322 e. The molecule has 2 amide bonds. The van der Waals surface area contributed by atoms with Crippen molar-refractivity contribution in [2.24, 2.45) is 0 Å². The molecule has 1 heterocycles. The van der Waals surface area contributed by atoms with Gasteiger partial charge < -0.3 is 10.2 Å². The zero-order valence-corrected chi connectivity index (χ0v) is 17.5. The summed E-state index contributed by atoms with van der Waals surface area (Å²) >= 11 is 6.08. The number of hydrogen-bond donors (Lipinski definition) is 1. The van der Waals surface area contributed by atoms with E-state index >= 15 is 0 Å². The Morgan fingerprint density at radius 1 is 0.871 bits per heavy atom. The Morgan fingerprint density at radius 3 is 2.16 bits per heavy atom. The summed E-state index contributed by atoms with van der Waals surface area (Å²) in [5.41, 5.74) is 2.26. The summed E-state index contributed by atoms with van der Waals surface area (Å²) in [5.74, 6) is -1.47. The van der Waals surface area contributed by atoms with Gasteiger partial charge >= 0.3 is 6.03 Å². The minimum absolute atomic E-state index is 0.0304. The largest absolute Gasteiger partial charge is 0.322 e. The highest BCUT2D eigenvalue weighted by Crippen LogP contribution is 2.30. The fourth-order valence-electron chi connectivity index (χ4n) is 3.86. The first-order chi connectivity index (χ1) is 15.0. The lowest BCUT2D eigenvalue weighted by Gasteiger charge is -2.39. The van der Waals surface area contributed by atoms with Gasteiger partial charge in [-0.1, -0.05) is 54.1 Å². The number of nitrogens with zero attached hydrogens (tertiary/aromatic N) is 2. The maximum Gasteiger partial charge on any atom is 0.322 e. The highest BCUT2D eigenvalue weighted by molar-refractivity contribution is 6.30. The summed E-state index contributed by atoms with van der Waals surface area (Å²) in [6, 6.07) is 20.8. The van der Waals surface area contributed by atoms with Crippen LogP contribution in [0.3, 0.4) is 0 Å². The molecular formula is C24H22ClF2N3O. The van der Waals surface area contributed by atoms with Crippen LogP contribution in [0.2, 0.25) is 5.02 Å². The van der Waals surface area contributed by atoms with Crippen LogP contribution in [0.1, 0.15) is 17.2 Å². The van der Waals surface area contributed by atoms with Crippen LogP contribution in [-0.4, -0.2) is 42.0 Å². The lowest BCUT2D eigenvalue weighted by molar-refractivity contribution is 0.126. The number of urea groups is 1. The first kappa shape index (κ1) is 21.3. The molecule has 1 atom stereocenters. The van der Waals surface area contributed by atoms with Crippen LogP contribution < -0.4 is 5.32 Å². The average Bonchev–Trinajstić information content (AvgIpc) is 2.78. The SMILES string of the molecule is O=C(Nc1ccc(F)cc1F)N1CCN(C(c2ccccc2)c2ccc(Cl)cc2)CC1. The average molecular weight is 442 g/mol. The third kappa shape index (κ3) is 5.03. The van der Waals surface area contributed by atoms with Gasteiger partial charge in [0.1, 0.15) is 11.6 Å². The van der Waals surface area contributed by atoms with E-state index in [2.05, 4.69) is 22.3 Å². The molecule has 0 bridgehead atoms. The fraction of sp³-hybridized carbons (Fsp3) is 0.208. The number of amides is 2. The van der Waals surface area contributed by atoms with Gasteiger partial charge in [-0.3, -0.25) is 4.90 Å². The minimum atomic E-state index is -0.793. The smallest absolute Gasteiger partial charge is 0.322 e. The van der Waals surface area contributed by atoms with E-state index < -0.39 is 17.7 Å². The molecule has 1 saturated heterocycles. The standard InChI is InChI=1S/C24H22ClF2N3O/c25-19-8-6-18(7-9-19)23(17-4-2-1-3-5-17)29-12-14-30(15-13-29)24(31)28-22-11-10-20(26)16-21(22)27/h1-11,16,23H,12-15H2,(H,28,31). The van der Waals surface area contributed by atoms with E-state index in [1.807, 2.05) is 42.5 Å². The van der Waals surface area contributed by atoms with Gasteiger partial charge in [-0.15, -0.1) is 0 Å². The van der Waals surface area contributed by atoms with Gasteiger partial charge in [0.25, 0.3) is 0 Å². The Balaban J connectivity index is 1.46. The van der Waals surface area contributed by atoms with Crippen molar-refractivity contribution in [1.29, 1.82) is 0 Å². The predicted octanol–water partition coefficient (Wildman–Crippen LogP) is 5.56. The molecule has 4 nitrogen and oxygen atoms in total. The molecule has 3 aromatic carbocycles. The number of hydrogen-bond acceptors (Lipinski definition) is 2. The predicted molar refractivity (Wildman–Crippen MR) is 118 cm³/mol. The molecule has 31 heavy (non-hydrogen) atoms. The van der Waals surface area contributed by atoms with Gasteiger partial charge in [0.15, 0.2) is 0 Å². The molecule has 1 fully saturated rings. The summed E-state index contributed by atoms with van der Waals surface area (Å²) in [6.07, 6.45) is 0. The molecule has 1 aliphatic rings. The molecule has 0 saturated carbocycles. The van der Waals surface area contributed by atoms with Crippen molar-refractivity contribution in [1.82, 2.24) is 9.80 Å². The number of nitrogens with one attached hydrogen (secondary N) is 1. The molecule has 1 N–H and O–H groups in total. The van der Waals surface area contributed by atoms with Crippen molar-refractivity contribution in [3.63, 3.8) is 0 Å². The van der Waals surface area contributed by atoms with Gasteiger partial charge in [-0.2, -0.15) is 0 Å². The number of halogens is 3. The van der Waals surface area contributed by atoms with E-state index in [4.69, 9.17) is 11.6 Å². The van der Waals surface area contributed by atoms with Crippen molar-refractivity contribution < 1.29 is 13.6 Å². The van der Waals surface area contributed by atoms with Crippen LogP contribution in [0.4, 0.5) is 19.3 Å². The molecule has 1 aliphatic heterocycles. The van der Waals surface area contributed by atoms with Crippen molar-refractivity contribution in [2.45, 2.75) is 6.04 Å². The Hall–Kier alpha value is -2.96. The van der Waals surface area contributed by atoms with Gasteiger partial charge in [0.05, 0.1) is 11.7 Å². The Kier molecular flexibility index (Phi) is 6.49. The van der Waals surface area contributed by atoms with Gasteiger partial charge in [-0.05, 0) is 35.4 Å². The van der Waals surface area contributed by atoms with Crippen LogP contribution in [0.25, 0.3) is 0 Å². The molecule has 7 heteroatoms. The quantitative estimate of drug-likeness (QED) is 0.575. The van der Waals surface area contributed by atoms with Crippen molar-refractivity contribution >= 4 is 23.3 Å². The molecule has 3 aromatic rings. The highest BCUT2D eigenvalue weighted by atomic mass is 35.5. The van der Waals surface area contributed by atoms with E-state index in [1.54, 1.807) is 4.90 Å². The monoisotopic (exact) mass is 441 g/mol. The second kappa shape index (κ2) is 9.45. The summed E-state index contributed by atoms with van der Waals surface area (Å²) < 4.78 is 26.9. The number of anilines is 1. The molecular weight excluding hydrogens is 420 g/mol. The molecule has 160 valence electrons. The maximum atomic E-state index is 13.9. The van der Waals surface area contributed by atoms with Gasteiger partial charge in [-0.25, -0.2) is 13.6 Å². The summed E-state index contributed by atoms with van der Waals surface area (Å²) in [5, 5.41) is 3.22. The summed E-state index contributed by atoms with van der Waals surface area (Å²) in [6.45, 7) is 2.29. The molecule has 1 unspecified atom stereocenters. The first-order valence-electron chi connectivity index (χ1n) is 10.1. The third-order valence-electron chi connectivity index (χ3n) is 5.44. The van der Waals surface area contributed by atoms with E-state index in [1.165, 1.54) is 6.07 Å². The van der Waals surface area contributed by atoms with E-state index in [-0.39, 0.29) is 11.7 Å². The molecule has 0 spiro atoms. The lowest BCUT2D eigenvalue weighted by atomic mass is 9.96. The Bertz CT molecular complexity index is 1040. The molecule has 0 aliphatic carbocycles. The molecule has 4 rings (SSSR count). The molecule has 0 radical (unpaired) electrons. The Morgan fingerprint density at radius 2 is 1.52 bits per heavy atom. The van der Waals surface area contributed by atoms with Crippen LogP contribution in [-0.2, 0) is 0 Å². The lowest BCUT2D eigenvalue weighted by Crippen LogP contribution is -2.51. The van der Waals surface area contributed by atoms with Crippen LogP contribution in [0.15, 0.2) is 72.8 Å². The van der Waals surface area contributed by atoms with E-state index in [0.717, 1.165) is 23.3 Å². The van der Waals surface area contributed by atoms with Crippen LogP contribution >= 0.6 is 11.6 Å². The fourth-order valence-corrected chi connectivity index (χ4v) is 3.99. The third-order valence-corrected chi connectivity index (χ3v) is 5.69. The van der Waals surface area contributed by atoms with E-state index in [9.17, 15) is 13.6 Å². The van der Waals surface area contributed by atoms with Crippen molar-refractivity contribution in [3.05, 3.63) is 101 Å². The van der Waals surface area contributed by atoms with E-state index in [0.29, 0.717) is 31.2 Å². The van der Waals surface area contributed by atoms with Crippen molar-refractivity contribution in [2.75, 3.05) is 31.5 Å². The topological polar surface area (TPSA) is 35.6 Å². The van der Waals surface area contributed by atoms with Gasteiger partial charge in [0, 0.05) is 37.3 Å². The number of carbonyl (C=O) groups is 1. The highest BCUT2D eigenvalue weighted by Gasteiger charge is 2.28. The van der Waals surface area contributed by atoms with Crippen LogP contribution in [0.5, 0.6) is 0 Å². The zero-order valence-electron chi connectivity index (χ0n) is 16.8. The number of benzene rings is 3. The second-order valence-electron chi connectivity index (χ2n) is 7.44. The van der Waals surface area contributed by atoms with Crippen LogP contribution in [0, 0.1) is 11.6 Å². The zero-order chi connectivity index (χ0) is 21.8. The van der Waals surface area contributed by atoms with Gasteiger partial charge in [0.2, 0.25) is 0 Å². The molecule has 0 aromatic heterocycles. The summed E-state index contributed by atoms with van der Waals surface area (Å²) in [4.78, 5) is 16.5. The van der Waals surface area contributed by atoms with Crippen molar-refractivity contribution in [3.8, 4) is 0 Å². The number of rotatable bonds is 4. The maximum absolute atomic E-state index is 13.9. The number of carbonyl (C=O) groups excluding carboxylic acids is 1. The first-order valence-corrected chi connectivity index (χ1v) is 10.4. The Labute approximate surface area is 185 Å². The summed E-state index contributed by atoms with van der Waals surface area (Å²) in [7, 11) is 0.